The molecule has 1 N–H and O–H groups in total. The minimum atomic E-state index is -1.50. The van der Waals surface area contributed by atoms with Gasteiger partial charge in [0, 0.05) is 12.5 Å². The summed E-state index contributed by atoms with van der Waals surface area (Å²) >= 11 is 0. The van der Waals surface area contributed by atoms with Gasteiger partial charge in [0.15, 0.2) is 5.54 Å². The van der Waals surface area contributed by atoms with Gasteiger partial charge in [0.05, 0.1) is 19.3 Å². The van der Waals surface area contributed by atoms with E-state index in [0.717, 1.165) is 11.1 Å². The summed E-state index contributed by atoms with van der Waals surface area (Å²) in [6.07, 6.45) is -0.975. The first-order chi connectivity index (χ1) is 17.3. The predicted octanol–water partition coefficient (Wildman–Crippen LogP) is 3.63. The highest BCUT2D eigenvalue weighted by Gasteiger charge is 2.46. The van der Waals surface area contributed by atoms with Crippen molar-refractivity contribution in [3.05, 3.63) is 65.7 Å². The normalized spacial score (nSPS) is 16.9. The van der Waals surface area contributed by atoms with Crippen LogP contribution in [-0.2, 0) is 25.5 Å². The van der Waals surface area contributed by atoms with Gasteiger partial charge in [-0.25, -0.2) is 13.6 Å². The van der Waals surface area contributed by atoms with E-state index >= 15 is 0 Å². The van der Waals surface area contributed by atoms with E-state index in [2.05, 4.69) is 10.3 Å². The molecule has 1 atom stereocenters. The number of benzene rings is 2. The molecule has 2 aromatic rings. The summed E-state index contributed by atoms with van der Waals surface area (Å²) in [4.78, 5) is 44.1. The number of para-hydroxylation sites is 1. The highest BCUT2D eigenvalue weighted by Crippen LogP contribution is 2.26. The van der Waals surface area contributed by atoms with Gasteiger partial charge in [0.2, 0.25) is 0 Å². The number of hydrogen-bond donors (Lipinski definition) is 1. The molecule has 0 aliphatic carbocycles. The van der Waals surface area contributed by atoms with Gasteiger partial charge in [0.25, 0.3) is 5.91 Å². The Morgan fingerprint density at radius 3 is 2.27 bits per heavy atom. The van der Waals surface area contributed by atoms with Crippen molar-refractivity contribution < 1.29 is 32.6 Å². The molecule has 198 valence electrons. The van der Waals surface area contributed by atoms with Gasteiger partial charge in [-0.15, -0.1) is 5.01 Å². The van der Waals surface area contributed by atoms with Crippen LogP contribution in [0.4, 0.5) is 19.3 Å². The van der Waals surface area contributed by atoms with Gasteiger partial charge in [0.1, 0.15) is 29.6 Å². The first kappa shape index (κ1) is 27.6. The number of nitrogens with zero attached hydrogens (tertiary/aromatic N) is 3. The first-order valence-corrected chi connectivity index (χ1v) is 11.6. The minimum absolute atomic E-state index is 0.000877. The molecule has 0 saturated carbocycles. The summed E-state index contributed by atoms with van der Waals surface area (Å²) in [6, 6.07) is 11.5. The molecule has 1 aliphatic heterocycles. The number of amidine groups is 1. The summed E-state index contributed by atoms with van der Waals surface area (Å²) in [7, 11) is 1.19. The summed E-state index contributed by atoms with van der Waals surface area (Å²) in [6.45, 7) is 5.99. The molecule has 0 aromatic heterocycles. The lowest BCUT2D eigenvalue weighted by molar-refractivity contribution is -0.141. The molecular weight excluding hydrogens is 486 g/mol. The Kier molecular flexibility index (Phi) is 8.15. The van der Waals surface area contributed by atoms with E-state index in [1.807, 2.05) is 0 Å². The number of ether oxygens (including phenoxy) is 2. The third kappa shape index (κ3) is 7.02. The third-order valence-corrected chi connectivity index (χ3v) is 5.33. The molecule has 2 aromatic carbocycles. The molecular formula is C26H30F2N4O5. The number of carbonyl (C=O) groups is 3. The quantitative estimate of drug-likeness (QED) is 0.443. The highest BCUT2D eigenvalue weighted by atomic mass is 19.1. The van der Waals surface area contributed by atoms with Crippen LogP contribution in [0, 0.1) is 11.6 Å². The molecule has 0 bridgehead atoms. The molecule has 3 rings (SSSR count). The van der Waals surface area contributed by atoms with Gasteiger partial charge < -0.3 is 14.8 Å². The van der Waals surface area contributed by atoms with Gasteiger partial charge in [-0.2, -0.15) is 0 Å². The number of nitrogens with one attached hydrogen (secondary N) is 1. The number of rotatable bonds is 7. The van der Waals surface area contributed by atoms with E-state index in [-0.39, 0.29) is 13.0 Å². The van der Waals surface area contributed by atoms with Crippen LogP contribution in [0.3, 0.4) is 0 Å². The van der Waals surface area contributed by atoms with Crippen molar-refractivity contribution in [3.63, 3.8) is 0 Å². The SMILES string of the molecule is COC(=O)CN(c1ccccc1)N(C(=O)OC(C)(C)C)C(=O)C1(C)CNC(Cc2cc(F)cc(F)c2)=N1. The Morgan fingerprint density at radius 1 is 1.08 bits per heavy atom. The molecule has 0 saturated heterocycles. The van der Waals surface area contributed by atoms with Crippen LogP contribution in [0.15, 0.2) is 53.5 Å². The summed E-state index contributed by atoms with van der Waals surface area (Å²) in [5.41, 5.74) is -1.77. The fourth-order valence-electron chi connectivity index (χ4n) is 3.67. The largest absolute Gasteiger partial charge is 0.468 e. The van der Waals surface area contributed by atoms with Crippen molar-refractivity contribution in [2.75, 3.05) is 25.2 Å². The van der Waals surface area contributed by atoms with Crippen LogP contribution < -0.4 is 10.3 Å². The average Bonchev–Trinajstić information content (AvgIpc) is 3.18. The average molecular weight is 517 g/mol. The lowest BCUT2D eigenvalue weighted by Gasteiger charge is -2.37. The number of imide groups is 1. The lowest BCUT2D eigenvalue weighted by Crippen LogP contribution is -2.60. The minimum Gasteiger partial charge on any atom is -0.468 e. The van der Waals surface area contributed by atoms with E-state index < -0.39 is 47.3 Å². The maximum atomic E-state index is 13.9. The van der Waals surface area contributed by atoms with E-state index in [4.69, 9.17) is 9.47 Å². The van der Waals surface area contributed by atoms with Gasteiger partial charge in [-0.05, 0) is 57.5 Å². The molecule has 1 heterocycles. The van der Waals surface area contributed by atoms with Crippen molar-refractivity contribution in [2.45, 2.75) is 45.3 Å². The fourth-order valence-corrected chi connectivity index (χ4v) is 3.67. The maximum Gasteiger partial charge on any atom is 0.436 e. The van der Waals surface area contributed by atoms with Crippen molar-refractivity contribution >= 4 is 29.5 Å². The van der Waals surface area contributed by atoms with Gasteiger partial charge in [-0.1, -0.05) is 18.2 Å². The third-order valence-electron chi connectivity index (χ3n) is 5.33. The number of carbonyl (C=O) groups excluding carboxylic acids is 3. The monoisotopic (exact) mass is 516 g/mol. The maximum absolute atomic E-state index is 13.9. The topological polar surface area (TPSA) is 101 Å². The second-order valence-electron chi connectivity index (χ2n) is 9.71. The summed E-state index contributed by atoms with van der Waals surface area (Å²) in [5.74, 6) is -2.63. The number of amides is 2. The molecule has 0 fully saturated rings. The Bertz CT molecular complexity index is 1180. The highest BCUT2D eigenvalue weighted by molar-refractivity contribution is 6.03. The van der Waals surface area contributed by atoms with Crippen molar-refractivity contribution in [1.29, 1.82) is 0 Å². The first-order valence-electron chi connectivity index (χ1n) is 11.6. The second kappa shape index (κ2) is 10.9. The zero-order valence-electron chi connectivity index (χ0n) is 21.4. The number of halogens is 2. The Balaban J connectivity index is 2.00. The number of aliphatic imine (C=N–C) groups is 1. The molecule has 9 nitrogen and oxygen atoms in total. The summed E-state index contributed by atoms with van der Waals surface area (Å²) in [5, 5.41) is 4.90. The number of anilines is 1. The number of hydrogen-bond acceptors (Lipinski definition) is 8. The summed E-state index contributed by atoms with van der Waals surface area (Å²) < 4.78 is 37.6. The van der Waals surface area contributed by atoms with E-state index in [1.165, 1.54) is 31.2 Å². The van der Waals surface area contributed by atoms with Crippen molar-refractivity contribution in [2.24, 2.45) is 4.99 Å². The fraction of sp³-hybridized carbons (Fsp3) is 0.385. The molecule has 0 spiro atoms. The van der Waals surface area contributed by atoms with Gasteiger partial charge in [-0.3, -0.25) is 19.6 Å². The number of methoxy groups -OCH3 is 1. The Labute approximate surface area is 214 Å². The van der Waals surface area contributed by atoms with Crippen LogP contribution in [0.1, 0.15) is 33.3 Å². The van der Waals surface area contributed by atoms with E-state index in [0.29, 0.717) is 17.1 Å². The van der Waals surface area contributed by atoms with Crippen LogP contribution in [0.5, 0.6) is 0 Å². The Hall–Kier alpha value is -4.02. The molecule has 1 aliphatic rings. The lowest BCUT2D eigenvalue weighted by atomic mass is 10.0. The molecule has 37 heavy (non-hydrogen) atoms. The van der Waals surface area contributed by atoms with Crippen LogP contribution in [-0.4, -0.2) is 60.2 Å². The van der Waals surface area contributed by atoms with Crippen molar-refractivity contribution in [3.8, 4) is 0 Å². The van der Waals surface area contributed by atoms with Crippen molar-refractivity contribution in [1.82, 2.24) is 10.3 Å². The molecule has 2 amide bonds. The molecule has 1 unspecified atom stereocenters. The second-order valence-corrected chi connectivity index (χ2v) is 9.71. The predicted molar refractivity (Wildman–Crippen MR) is 133 cm³/mol. The van der Waals surface area contributed by atoms with Gasteiger partial charge >= 0.3 is 12.1 Å². The van der Waals surface area contributed by atoms with E-state index in [1.54, 1.807) is 51.1 Å². The standard InChI is InChI=1S/C26H30F2N4O5/c1-25(2,3)37-24(35)32(31(15-22(33)36-5)20-9-7-6-8-10-20)23(34)26(4)16-29-21(30-26)13-17-11-18(27)14-19(28)12-17/h6-12,14H,13,15-16H2,1-5H3,(H,29,30). The van der Waals surface area contributed by atoms with Crippen LogP contribution in [0.2, 0.25) is 0 Å². The zero-order valence-corrected chi connectivity index (χ0v) is 21.4. The Morgan fingerprint density at radius 2 is 1.70 bits per heavy atom. The van der Waals surface area contributed by atoms with E-state index in [9.17, 15) is 23.2 Å². The molecule has 11 heteroatoms. The number of esters is 1. The van der Waals surface area contributed by atoms with Crippen LogP contribution >= 0.6 is 0 Å². The number of hydrazine groups is 1. The zero-order chi connectivity index (χ0) is 27.4. The smallest absolute Gasteiger partial charge is 0.436 e. The molecule has 0 radical (unpaired) electrons. The van der Waals surface area contributed by atoms with Crippen LogP contribution in [0.25, 0.3) is 0 Å².